The summed E-state index contributed by atoms with van der Waals surface area (Å²) in [5.41, 5.74) is 2.01. The average Bonchev–Trinajstić information content (AvgIpc) is 3.00. The summed E-state index contributed by atoms with van der Waals surface area (Å²) in [6, 6.07) is 3.88. The number of aryl methyl sites for hydroxylation is 2. The van der Waals surface area contributed by atoms with E-state index in [0.717, 1.165) is 0 Å². The molecule has 0 bridgehead atoms. The SMILES string of the molecule is O=C(NCc1cc2c(s1)CCC2)c1ccoc1Br. The van der Waals surface area contributed by atoms with E-state index in [4.69, 9.17) is 4.42 Å². The Morgan fingerprint density at radius 3 is 3.11 bits per heavy atom. The van der Waals surface area contributed by atoms with Gasteiger partial charge >= 0.3 is 0 Å². The predicted octanol–water partition coefficient (Wildman–Crippen LogP) is 3.52. The smallest absolute Gasteiger partial charge is 0.256 e. The third-order valence-electron chi connectivity index (χ3n) is 3.08. The van der Waals surface area contributed by atoms with Gasteiger partial charge in [0.05, 0.1) is 18.4 Å². The highest BCUT2D eigenvalue weighted by Gasteiger charge is 2.16. The topological polar surface area (TPSA) is 42.2 Å². The van der Waals surface area contributed by atoms with E-state index in [1.807, 2.05) is 11.3 Å². The van der Waals surface area contributed by atoms with Gasteiger partial charge in [-0.2, -0.15) is 0 Å². The van der Waals surface area contributed by atoms with Crippen LogP contribution in [0.1, 0.15) is 32.1 Å². The lowest BCUT2D eigenvalue weighted by Crippen LogP contribution is -2.22. The minimum atomic E-state index is -0.107. The fourth-order valence-corrected chi connectivity index (χ4v) is 3.82. The van der Waals surface area contributed by atoms with Gasteiger partial charge in [0.15, 0.2) is 4.67 Å². The first kappa shape index (κ1) is 12.0. The highest BCUT2D eigenvalue weighted by Crippen LogP contribution is 2.30. The molecule has 0 aromatic carbocycles. The van der Waals surface area contributed by atoms with Gasteiger partial charge in [-0.25, -0.2) is 0 Å². The zero-order valence-corrected chi connectivity index (χ0v) is 12.1. The van der Waals surface area contributed by atoms with Gasteiger partial charge in [-0.15, -0.1) is 11.3 Å². The number of rotatable bonds is 3. The molecule has 5 heteroatoms. The second-order valence-electron chi connectivity index (χ2n) is 4.31. The van der Waals surface area contributed by atoms with Gasteiger partial charge in [-0.05, 0) is 52.9 Å². The first-order valence-corrected chi connectivity index (χ1v) is 7.46. The summed E-state index contributed by atoms with van der Waals surface area (Å²) in [6.45, 7) is 0.591. The van der Waals surface area contributed by atoms with Crippen LogP contribution in [0.5, 0.6) is 0 Å². The Bertz CT molecular complexity index is 566. The average molecular weight is 326 g/mol. The minimum Gasteiger partial charge on any atom is -0.457 e. The molecule has 0 spiro atoms. The number of carbonyl (C=O) groups is 1. The summed E-state index contributed by atoms with van der Waals surface area (Å²) in [5.74, 6) is -0.107. The third-order valence-corrected chi connectivity index (χ3v) is 4.93. The first-order chi connectivity index (χ1) is 8.74. The van der Waals surface area contributed by atoms with Crippen LogP contribution in [0, 0.1) is 0 Å². The lowest BCUT2D eigenvalue weighted by molar-refractivity contribution is 0.0949. The van der Waals surface area contributed by atoms with Crippen molar-refractivity contribution in [3.63, 3.8) is 0 Å². The first-order valence-electron chi connectivity index (χ1n) is 5.85. The molecule has 3 nitrogen and oxygen atoms in total. The van der Waals surface area contributed by atoms with Crippen molar-refractivity contribution in [3.05, 3.63) is 43.9 Å². The summed E-state index contributed by atoms with van der Waals surface area (Å²) in [4.78, 5) is 14.6. The van der Waals surface area contributed by atoms with Gasteiger partial charge in [0, 0.05) is 9.75 Å². The number of nitrogens with one attached hydrogen (secondary N) is 1. The maximum absolute atomic E-state index is 11.9. The van der Waals surface area contributed by atoms with Crippen molar-refractivity contribution in [1.82, 2.24) is 5.32 Å². The Labute approximate surface area is 117 Å². The van der Waals surface area contributed by atoms with E-state index in [2.05, 4.69) is 27.3 Å². The summed E-state index contributed by atoms with van der Waals surface area (Å²) in [6.07, 6.45) is 5.16. The predicted molar refractivity (Wildman–Crippen MR) is 73.9 cm³/mol. The van der Waals surface area contributed by atoms with Crippen LogP contribution < -0.4 is 5.32 Å². The van der Waals surface area contributed by atoms with Gasteiger partial charge < -0.3 is 9.73 Å². The number of hydrogen-bond donors (Lipinski definition) is 1. The Morgan fingerprint density at radius 1 is 1.50 bits per heavy atom. The molecule has 1 amide bonds. The fraction of sp³-hybridized carbons (Fsp3) is 0.308. The van der Waals surface area contributed by atoms with Crippen molar-refractivity contribution < 1.29 is 9.21 Å². The lowest BCUT2D eigenvalue weighted by atomic mass is 10.2. The third kappa shape index (κ3) is 2.24. The van der Waals surface area contributed by atoms with E-state index < -0.39 is 0 Å². The van der Waals surface area contributed by atoms with E-state index in [1.54, 1.807) is 6.07 Å². The second kappa shape index (κ2) is 4.90. The molecule has 0 saturated carbocycles. The van der Waals surface area contributed by atoms with Crippen molar-refractivity contribution in [2.75, 3.05) is 0 Å². The Kier molecular flexibility index (Phi) is 3.26. The molecule has 1 aliphatic carbocycles. The number of fused-ring (bicyclic) bond motifs is 1. The van der Waals surface area contributed by atoms with Crippen molar-refractivity contribution in [3.8, 4) is 0 Å². The van der Waals surface area contributed by atoms with Crippen LogP contribution >= 0.6 is 27.3 Å². The van der Waals surface area contributed by atoms with Crippen LogP contribution in [0.25, 0.3) is 0 Å². The normalized spacial score (nSPS) is 13.6. The number of halogens is 1. The van der Waals surface area contributed by atoms with Gasteiger partial charge in [0.1, 0.15) is 0 Å². The number of amides is 1. The minimum absolute atomic E-state index is 0.107. The molecule has 1 N–H and O–H groups in total. The van der Waals surface area contributed by atoms with Crippen molar-refractivity contribution in [2.24, 2.45) is 0 Å². The Hall–Kier alpha value is -1.07. The van der Waals surface area contributed by atoms with Gasteiger partial charge in [-0.1, -0.05) is 0 Å². The maximum Gasteiger partial charge on any atom is 0.256 e. The van der Waals surface area contributed by atoms with Gasteiger partial charge in [-0.3, -0.25) is 4.79 Å². The van der Waals surface area contributed by atoms with Crippen molar-refractivity contribution in [1.29, 1.82) is 0 Å². The van der Waals surface area contributed by atoms with Crippen LogP contribution in [-0.2, 0) is 19.4 Å². The molecule has 2 heterocycles. The van der Waals surface area contributed by atoms with E-state index in [-0.39, 0.29) is 5.91 Å². The van der Waals surface area contributed by atoms with Crippen molar-refractivity contribution in [2.45, 2.75) is 25.8 Å². The second-order valence-corrected chi connectivity index (χ2v) is 6.25. The monoisotopic (exact) mass is 325 g/mol. The molecule has 1 aliphatic rings. The molecule has 94 valence electrons. The largest absolute Gasteiger partial charge is 0.457 e. The van der Waals surface area contributed by atoms with Gasteiger partial charge in [0.2, 0.25) is 0 Å². The molecule has 0 unspecified atom stereocenters. The molecule has 2 aromatic heterocycles. The molecule has 3 rings (SSSR count). The van der Waals surface area contributed by atoms with Crippen LogP contribution in [0.3, 0.4) is 0 Å². The van der Waals surface area contributed by atoms with Crippen molar-refractivity contribution >= 4 is 33.2 Å². The lowest BCUT2D eigenvalue weighted by Gasteiger charge is -2.01. The van der Waals surface area contributed by atoms with E-state index in [0.29, 0.717) is 16.8 Å². The van der Waals surface area contributed by atoms with Crippen LogP contribution in [-0.4, -0.2) is 5.91 Å². The fourth-order valence-electron chi connectivity index (χ4n) is 2.20. The number of thiophene rings is 1. The zero-order valence-electron chi connectivity index (χ0n) is 9.66. The summed E-state index contributed by atoms with van der Waals surface area (Å²) >= 11 is 5.02. The van der Waals surface area contributed by atoms with E-state index in [9.17, 15) is 4.79 Å². The van der Waals surface area contributed by atoms with Crippen LogP contribution in [0.4, 0.5) is 0 Å². The maximum atomic E-state index is 11.9. The van der Waals surface area contributed by atoms with E-state index in [1.165, 1.54) is 40.8 Å². The highest BCUT2D eigenvalue weighted by atomic mass is 79.9. The standard InChI is InChI=1S/C13H12BrNO2S/c14-12-10(4-5-17-12)13(16)15-7-9-6-8-2-1-3-11(8)18-9/h4-6H,1-3,7H2,(H,15,16). The van der Waals surface area contributed by atoms with Crippen LogP contribution in [0.2, 0.25) is 0 Å². The van der Waals surface area contributed by atoms with Crippen LogP contribution in [0.15, 0.2) is 27.5 Å². The summed E-state index contributed by atoms with van der Waals surface area (Å²) in [7, 11) is 0. The number of hydrogen-bond acceptors (Lipinski definition) is 3. The molecule has 0 radical (unpaired) electrons. The molecule has 0 fully saturated rings. The molecular weight excluding hydrogens is 314 g/mol. The Balaban J connectivity index is 1.64. The molecule has 0 saturated heterocycles. The molecule has 2 aromatic rings. The summed E-state index contributed by atoms with van der Waals surface area (Å²) < 4.78 is 5.53. The highest BCUT2D eigenvalue weighted by molar-refractivity contribution is 9.10. The quantitative estimate of drug-likeness (QED) is 0.938. The molecule has 18 heavy (non-hydrogen) atoms. The Morgan fingerprint density at radius 2 is 2.39 bits per heavy atom. The zero-order chi connectivity index (χ0) is 12.5. The molecule has 0 atom stereocenters. The number of carbonyl (C=O) groups excluding carboxylic acids is 1. The number of furan rings is 1. The van der Waals surface area contributed by atoms with Gasteiger partial charge in [0.25, 0.3) is 5.91 Å². The van der Waals surface area contributed by atoms with E-state index >= 15 is 0 Å². The molecular formula is C13H12BrNO2S. The summed E-state index contributed by atoms with van der Waals surface area (Å²) in [5, 5.41) is 2.91. The molecule has 0 aliphatic heterocycles.